The summed E-state index contributed by atoms with van der Waals surface area (Å²) in [5.74, 6) is 0.816. The van der Waals surface area contributed by atoms with E-state index in [4.69, 9.17) is 14.5 Å². The van der Waals surface area contributed by atoms with E-state index in [9.17, 15) is 0 Å². The number of anilines is 3. The van der Waals surface area contributed by atoms with E-state index >= 15 is 0 Å². The van der Waals surface area contributed by atoms with Gasteiger partial charge in [0.2, 0.25) is 16.7 Å². The average molecular weight is 464 g/mol. The number of benzene rings is 4. The molecule has 1 saturated heterocycles. The zero-order valence-electron chi connectivity index (χ0n) is 19.6. The van der Waals surface area contributed by atoms with Crippen LogP contribution in [0.4, 0.5) is 17.1 Å². The second-order valence-electron chi connectivity index (χ2n) is 8.62. The van der Waals surface area contributed by atoms with Gasteiger partial charge in [-0.1, -0.05) is 24.3 Å². The Balaban J connectivity index is 1.57. The molecule has 6 nitrogen and oxygen atoms in total. The molecular formula is C29H27N4O2+. The van der Waals surface area contributed by atoms with E-state index < -0.39 is 0 Å². The second-order valence-corrected chi connectivity index (χ2v) is 8.62. The summed E-state index contributed by atoms with van der Waals surface area (Å²) in [6.45, 7) is 3.27. The van der Waals surface area contributed by atoms with E-state index in [0.29, 0.717) is 0 Å². The van der Waals surface area contributed by atoms with Gasteiger partial charge >= 0.3 is 0 Å². The van der Waals surface area contributed by atoms with Gasteiger partial charge in [0.25, 0.3) is 0 Å². The number of para-hydroxylation sites is 1. The van der Waals surface area contributed by atoms with Crippen LogP contribution in [0.2, 0.25) is 0 Å². The molecule has 0 atom stereocenters. The fourth-order valence-electron chi connectivity index (χ4n) is 4.65. The van der Waals surface area contributed by atoms with Crippen LogP contribution in [0.1, 0.15) is 0 Å². The van der Waals surface area contributed by atoms with E-state index in [1.165, 1.54) is 5.69 Å². The number of ether oxygens (including phenoxy) is 2. The SMILES string of the molecule is COc1cccc(-[n+]2c3cc(Nc4ccccc4)ccc3nc3ccc(N4CCOCC4)cc32)c1. The number of fused-ring (bicyclic) bond motifs is 2. The highest BCUT2D eigenvalue weighted by molar-refractivity contribution is 5.86. The third kappa shape index (κ3) is 4.24. The quantitative estimate of drug-likeness (QED) is 0.285. The molecule has 0 spiro atoms. The Morgan fingerprint density at radius 3 is 2.37 bits per heavy atom. The van der Waals surface area contributed by atoms with Crippen LogP contribution in [0, 0.1) is 0 Å². The molecule has 6 heteroatoms. The van der Waals surface area contributed by atoms with Crippen molar-refractivity contribution in [2.75, 3.05) is 43.6 Å². The van der Waals surface area contributed by atoms with Crippen LogP contribution in [0.5, 0.6) is 5.75 Å². The lowest BCUT2D eigenvalue weighted by molar-refractivity contribution is -0.538. The van der Waals surface area contributed by atoms with Gasteiger partial charge in [0, 0.05) is 48.4 Å². The number of rotatable bonds is 5. The van der Waals surface area contributed by atoms with Crippen molar-refractivity contribution in [1.29, 1.82) is 0 Å². The zero-order chi connectivity index (χ0) is 23.6. The first-order valence-electron chi connectivity index (χ1n) is 11.9. The van der Waals surface area contributed by atoms with Crippen LogP contribution in [0.3, 0.4) is 0 Å². The number of nitrogens with zero attached hydrogens (tertiary/aromatic N) is 3. The van der Waals surface area contributed by atoms with Gasteiger partial charge in [-0.2, -0.15) is 0 Å². The first-order valence-corrected chi connectivity index (χ1v) is 11.9. The van der Waals surface area contributed by atoms with Gasteiger partial charge < -0.3 is 19.7 Å². The number of methoxy groups -OCH3 is 1. The molecule has 6 rings (SSSR count). The number of morpholine rings is 1. The van der Waals surface area contributed by atoms with Gasteiger partial charge in [-0.05, 0) is 42.5 Å². The standard InChI is InChI=1S/C29H26N4O2/c1-34-25-9-5-8-24(19-25)33-28-18-22(30-21-6-3-2-4-7-21)10-12-26(28)31-27-13-11-23(20-29(27)33)32-14-16-35-17-15-32/h2-13,18-20H,14-17H2,1H3/p+1. The van der Waals surface area contributed by atoms with Crippen molar-refractivity contribution in [3.63, 3.8) is 0 Å². The summed E-state index contributed by atoms with van der Waals surface area (Å²) in [4.78, 5) is 7.39. The predicted molar refractivity (Wildman–Crippen MR) is 140 cm³/mol. The number of nitrogens with one attached hydrogen (secondary N) is 1. The van der Waals surface area contributed by atoms with E-state index in [-0.39, 0.29) is 0 Å². The molecule has 35 heavy (non-hydrogen) atoms. The minimum Gasteiger partial charge on any atom is -0.497 e. The molecule has 1 aliphatic heterocycles. The Labute approximate surface area is 204 Å². The van der Waals surface area contributed by atoms with Gasteiger partial charge in [-0.3, -0.25) is 0 Å². The van der Waals surface area contributed by atoms with Crippen molar-refractivity contribution in [3.05, 3.63) is 91.0 Å². The largest absolute Gasteiger partial charge is 0.497 e. The highest BCUT2D eigenvalue weighted by Gasteiger charge is 2.22. The normalized spacial score (nSPS) is 13.8. The molecule has 1 aromatic heterocycles. The highest BCUT2D eigenvalue weighted by atomic mass is 16.5. The van der Waals surface area contributed by atoms with Crippen LogP contribution in [-0.2, 0) is 4.74 Å². The van der Waals surface area contributed by atoms with Crippen LogP contribution in [0.15, 0.2) is 91.0 Å². The first-order chi connectivity index (χ1) is 17.3. The summed E-state index contributed by atoms with van der Waals surface area (Å²) < 4.78 is 13.4. The van der Waals surface area contributed by atoms with E-state index in [0.717, 1.165) is 71.2 Å². The lowest BCUT2D eigenvalue weighted by atomic mass is 10.1. The summed E-state index contributed by atoms with van der Waals surface area (Å²) in [7, 11) is 1.70. The van der Waals surface area contributed by atoms with Gasteiger partial charge in [0.05, 0.1) is 26.4 Å². The molecular weight excluding hydrogens is 436 g/mol. The van der Waals surface area contributed by atoms with Gasteiger partial charge in [-0.25, -0.2) is 4.98 Å². The molecule has 174 valence electrons. The Morgan fingerprint density at radius 2 is 1.57 bits per heavy atom. The third-order valence-corrected chi connectivity index (χ3v) is 6.41. The molecule has 1 aliphatic rings. The lowest BCUT2D eigenvalue weighted by Gasteiger charge is -2.28. The number of hydrogen-bond acceptors (Lipinski definition) is 5. The van der Waals surface area contributed by atoms with Crippen LogP contribution in [0.25, 0.3) is 27.8 Å². The fraction of sp³-hybridized carbons (Fsp3) is 0.172. The number of hydrogen-bond donors (Lipinski definition) is 1. The zero-order valence-corrected chi connectivity index (χ0v) is 19.6. The molecule has 2 heterocycles. The summed E-state index contributed by atoms with van der Waals surface area (Å²) in [6.07, 6.45) is 0. The van der Waals surface area contributed by atoms with Crippen molar-refractivity contribution in [2.24, 2.45) is 0 Å². The maximum absolute atomic E-state index is 5.57. The molecule has 0 unspecified atom stereocenters. The van der Waals surface area contributed by atoms with Crippen LogP contribution >= 0.6 is 0 Å². The maximum Gasteiger partial charge on any atom is 0.239 e. The Kier molecular flexibility index (Phi) is 5.64. The maximum atomic E-state index is 5.57. The van der Waals surface area contributed by atoms with Gasteiger partial charge in [0.15, 0.2) is 0 Å². The van der Waals surface area contributed by atoms with Crippen molar-refractivity contribution in [3.8, 4) is 11.4 Å². The smallest absolute Gasteiger partial charge is 0.239 e. The molecule has 0 saturated carbocycles. The molecule has 5 aromatic rings. The van der Waals surface area contributed by atoms with E-state index in [1.54, 1.807) is 7.11 Å². The predicted octanol–water partition coefficient (Wildman–Crippen LogP) is 5.25. The minimum absolute atomic E-state index is 0.748. The van der Waals surface area contributed by atoms with E-state index in [2.05, 4.69) is 75.4 Å². The monoisotopic (exact) mass is 463 g/mol. The molecule has 0 amide bonds. The summed E-state index contributed by atoms with van der Waals surface area (Å²) in [5.41, 5.74) is 8.19. The third-order valence-electron chi connectivity index (χ3n) is 6.41. The first kappa shape index (κ1) is 21.4. The molecule has 1 fully saturated rings. The topological polar surface area (TPSA) is 50.5 Å². The average Bonchev–Trinajstić information content (AvgIpc) is 2.92. The second kappa shape index (κ2) is 9.24. The molecule has 0 bridgehead atoms. The molecule has 0 radical (unpaired) electrons. The summed E-state index contributed by atoms with van der Waals surface area (Å²) in [5, 5.41) is 3.52. The minimum atomic E-state index is 0.748. The Bertz CT molecular complexity index is 1500. The van der Waals surface area contributed by atoms with Crippen molar-refractivity contribution >= 4 is 39.1 Å². The Hall–Kier alpha value is -4.16. The number of aromatic nitrogens is 2. The molecule has 1 N–H and O–H groups in total. The van der Waals surface area contributed by atoms with Crippen LogP contribution < -0.4 is 19.5 Å². The summed E-state index contributed by atoms with van der Waals surface area (Å²) >= 11 is 0. The van der Waals surface area contributed by atoms with Gasteiger partial charge in [-0.15, -0.1) is 4.57 Å². The van der Waals surface area contributed by atoms with Crippen molar-refractivity contribution in [1.82, 2.24) is 4.98 Å². The van der Waals surface area contributed by atoms with Crippen molar-refractivity contribution in [2.45, 2.75) is 0 Å². The molecule has 4 aromatic carbocycles. The van der Waals surface area contributed by atoms with E-state index in [1.807, 2.05) is 30.3 Å². The Morgan fingerprint density at radius 1 is 0.800 bits per heavy atom. The van der Waals surface area contributed by atoms with Crippen LogP contribution in [-0.4, -0.2) is 38.4 Å². The highest BCUT2D eigenvalue weighted by Crippen LogP contribution is 2.27. The van der Waals surface area contributed by atoms with Gasteiger partial charge in [0.1, 0.15) is 16.8 Å². The summed E-state index contributed by atoms with van der Waals surface area (Å²) in [6, 6.07) is 31.2. The van der Waals surface area contributed by atoms with Crippen molar-refractivity contribution < 1.29 is 14.0 Å². The fourth-order valence-corrected chi connectivity index (χ4v) is 4.65. The lowest BCUT2D eigenvalue weighted by Crippen LogP contribution is -2.37. The molecule has 0 aliphatic carbocycles.